The molecule has 4 heterocycles. The Hall–Kier alpha value is -3.59. The fraction of sp³-hybridized carbons (Fsp3) is 0.286. The number of hydrogen-bond acceptors (Lipinski definition) is 7. The topological polar surface area (TPSA) is 111 Å². The van der Waals surface area contributed by atoms with E-state index in [1.165, 1.54) is 4.68 Å². The largest absolute Gasteiger partial charge is 0.380 e. The standard InChI is InChI=1S/C21H22N6O3/c1-27-13-17-20(26-27)18(28)3-2-9-30-10-8-24-19-12-15(5-7-23-19)14-4-6-22-16(11-14)21(29)25-17/h4-7,11-13H,2-3,8-10H2,1H3,(H,23,24)(H,25,29). The monoisotopic (exact) mass is 406 g/mol. The van der Waals surface area contributed by atoms with E-state index in [0.717, 1.165) is 16.9 Å². The van der Waals surface area contributed by atoms with Gasteiger partial charge in [-0.3, -0.25) is 19.3 Å². The van der Waals surface area contributed by atoms with E-state index >= 15 is 0 Å². The third-order valence-corrected chi connectivity index (χ3v) is 4.67. The molecule has 1 amide bonds. The van der Waals surface area contributed by atoms with E-state index in [2.05, 4.69) is 25.7 Å². The molecule has 9 nitrogen and oxygen atoms in total. The van der Waals surface area contributed by atoms with E-state index in [4.69, 9.17) is 4.74 Å². The van der Waals surface area contributed by atoms with Gasteiger partial charge in [0.15, 0.2) is 11.5 Å². The molecule has 1 aliphatic heterocycles. The summed E-state index contributed by atoms with van der Waals surface area (Å²) in [6.45, 7) is 1.56. The van der Waals surface area contributed by atoms with E-state index in [1.54, 1.807) is 31.7 Å². The summed E-state index contributed by atoms with van der Waals surface area (Å²) in [6.07, 6.45) is 5.76. The van der Waals surface area contributed by atoms with Gasteiger partial charge in [-0.1, -0.05) is 0 Å². The fourth-order valence-corrected chi connectivity index (χ4v) is 3.22. The van der Waals surface area contributed by atoms with Gasteiger partial charge in [0.2, 0.25) is 0 Å². The molecule has 0 saturated heterocycles. The van der Waals surface area contributed by atoms with Gasteiger partial charge in [-0.25, -0.2) is 4.98 Å². The van der Waals surface area contributed by atoms with Crippen molar-refractivity contribution in [1.82, 2.24) is 19.7 Å². The van der Waals surface area contributed by atoms with Crippen LogP contribution in [-0.4, -0.2) is 51.2 Å². The molecule has 1 aliphatic rings. The zero-order valence-electron chi connectivity index (χ0n) is 16.6. The van der Waals surface area contributed by atoms with Crippen molar-refractivity contribution in [3.63, 3.8) is 0 Å². The van der Waals surface area contributed by atoms with Crippen LogP contribution in [-0.2, 0) is 11.8 Å². The number of amides is 1. The summed E-state index contributed by atoms with van der Waals surface area (Å²) in [5.74, 6) is 0.167. The molecule has 0 spiro atoms. The molecule has 4 rings (SSSR count). The highest BCUT2D eigenvalue weighted by Gasteiger charge is 2.19. The molecule has 30 heavy (non-hydrogen) atoms. The number of hydrogen-bond donors (Lipinski definition) is 2. The molecule has 0 unspecified atom stereocenters. The number of ether oxygens (including phenoxy) is 1. The zero-order valence-corrected chi connectivity index (χ0v) is 16.6. The van der Waals surface area contributed by atoms with Gasteiger partial charge >= 0.3 is 0 Å². The minimum atomic E-state index is -0.407. The Labute approximate surface area is 173 Å². The van der Waals surface area contributed by atoms with Gasteiger partial charge in [0.1, 0.15) is 11.5 Å². The molecule has 154 valence electrons. The summed E-state index contributed by atoms with van der Waals surface area (Å²) in [4.78, 5) is 33.9. The Bertz CT molecular complexity index is 1080. The van der Waals surface area contributed by atoms with Crippen LogP contribution in [0.1, 0.15) is 33.8 Å². The third-order valence-electron chi connectivity index (χ3n) is 4.67. The number of ketones is 1. The minimum Gasteiger partial charge on any atom is -0.380 e. The van der Waals surface area contributed by atoms with Gasteiger partial charge in [-0.05, 0) is 41.8 Å². The van der Waals surface area contributed by atoms with Crippen LogP contribution in [0.5, 0.6) is 0 Å². The van der Waals surface area contributed by atoms with E-state index in [9.17, 15) is 9.59 Å². The molecule has 0 saturated carbocycles. The summed E-state index contributed by atoms with van der Waals surface area (Å²) >= 11 is 0. The summed E-state index contributed by atoms with van der Waals surface area (Å²) in [7, 11) is 1.71. The van der Waals surface area contributed by atoms with Crippen LogP contribution in [0.4, 0.5) is 11.5 Å². The number of aryl methyl sites for hydroxylation is 1. The van der Waals surface area contributed by atoms with Crippen LogP contribution in [0.15, 0.2) is 42.9 Å². The highest BCUT2D eigenvalue weighted by molar-refractivity contribution is 6.08. The van der Waals surface area contributed by atoms with Crippen LogP contribution in [0.2, 0.25) is 0 Å². The maximum Gasteiger partial charge on any atom is 0.274 e. The number of aromatic nitrogens is 4. The molecule has 3 aromatic heterocycles. The maximum absolute atomic E-state index is 12.8. The number of carbonyl (C=O) groups excluding carboxylic acids is 2. The maximum atomic E-state index is 12.8. The molecule has 9 heteroatoms. The van der Waals surface area contributed by atoms with Gasteiger partial charge in [-0.15, -0.1) is 0 Å². The lowest BCUT2D eigenvalue weighted by Crippen LogP contribution is -2.16. The molecule has 0 aromatic carbocycles. The quantitative estimate of drug-likeness (QED) is 0.590. The van der Waals surface area contributed by atoms with Gasteiger partial charge in [0, 0.05) is 45.2 Å². The van der Waals surface area contributed by atoms with Gasteiger partial charge < -0.3 is 15.4 Å². The van der Waals surface area contributed by atoms with Crippen molar-refractivity contribution < 1.29 is 14.3 Å². The van der Waals surface area contributed by atoms with E-state index in [-0.39, 0.29) is 23.6 Å². The SMILES string of the molecule is Cn1cc2c(n1)C(=O)CCCOCCNc1cc(ccn1)-c1ccnc(c1)C(=O)N2. The van der Waals surface area contributed by atoms with Gasteiger partial charge in [0.25, 0.3) is 5.91 Å². The van der Waals surface area contributed by atoms with Crippen LogP contribution >= 0.6 is 0 Å². The first-order chi connectivity index (χ1) is 14.6. The zero-order chi connectivity index (χ0) is 20.9. The first kappa shape index (κ1) is 19.7. The second kappa shape index (κ2) is 8.83. The molecule has 0 atom stereocenters. The van der Waals surface area contributed by atoms with Crippen molar-refractivity contribution in [1.29, 1.82) is 0 Å². The molecular weight excluding hydrogens is 384 g/mol. The Morgan fingerprint density at radius 1 is 1.07 bits per heavy atom. The molecule has 0 radical (unpaired) electrons. The third kappa shape index (κ3) is 4.52. The Morgan fingerprint density at radius 3 is 2.73 bits per heavy atom. The van der Waals surface area contributed by atoms with E-state index < -0.39 is 5.91 Å². The molecule has 0 fully saturated rings. The molecule has 3 aromatic rings. The highest BCUT2D eigenvalue weighted by Crippen LogP contribution is 2.23. The van der Waals surface area contributed by atoms with Crippen molar-refractivity contribution in [3.8, 4) is 11.1 Å². The smallest absolute Gasteiger partial charge is 0.274 e. The number of Topliss-reactive ketones (excluding diaryl/α,β-unsaturated/α-hetero) is 1. The number of nitrogens with zero attached hydrogens (tertiary/aromatic N) is 4. The Kier molecular flexibility index (Phi) is 5.80. The predicted molar refractivity (Wildman–Crippen MR) is 112 cm³/mol. The summed E-state index contributed by atoms with van der Waals surface area (Å²) < 4.78 is 7.11. The lowest BCUT2D eigenvalue weighted by Gasteiger charge is -2.10. The molecule has 4 bridgehead atoms. The second-order valence-corrected chi connectivity index (χ2v) is 6.94. The van der Waals surface area contributed by atoms with Crippen LogP contribution in [0.25, 0.3) is 11.1 Å². The summed E-state index contributed by atoms with van der Waals surface area (Å²) in [5.41, 5.74) is 2.60. The molecular formula is C21H22N6O3. The van der Waals surface area contributed by atoms with Crippen molar-refractivity contribution in [2.24, 2.45) is 7.05 Å². The van der Waals surface area contributed by atoms with Crippen LogP contribution in [0.3, 0.4) is 0 Å². The highest BCUT2D eigenvalue weighted by atomic mass is 16.5. The van der Waals surface area contributed by atoms with Crippen molar-refractivity contribution in [3.05, 3.63) is 54.2 Å². The molecule has 2 N–H and O–H groups in total. The lowest BCUT2D eigenvalue weighted by molar-refractivity contribution is 0.0940. The van der Waals surface area contributed by atoms with Crippen molar-refractivity contribution in [2.75, 3.05) is 30.4 Å². The first-order valence-electron chi connectivity index (χ1n) is 9.72. The number of anilines is 2. The summed E-state index contributed by atoms with van der Waals surface area (Å²) in [6, 6.07) is 7.32. The Balaban J connectivity index is 1.68. The van der Waals surface area contributed by atoms with E-state index in [0.29, 0.717) is 31.9 Å². The normalized spacial score (nSPS) is 15.4. The Morgan fingerprint density at radius 2 is 1.87 bits per heavy atom. The van der Waals surface area contributed by atoms with Gasteiger partial charge in [-0.2, -0.15) is 5.10 Å². The fourth-order valence-electron chi connectivity index (χ4n) is 3.22. The first-order valence-corrected chi connectivity index (χ1v) is 9.72. The average Bonchev–Trinajstić information content (AvgIpc) is 3.12. The number of fused-ring (bicyclic) bond motifs is 6. The number of carbonyl (C=O) groups is 2. The predicted octanol–water partition coefficient (Wildman–Crippen LogP) is 2.53. The van der Waals surface area contributed by atoms with Crippen LogP contribution in [0, 0.1) is 0 Å². The molecule has 0 aliphatic carbocycles. The minimum absolute atomic E-state index is 0.144. The van der Waals surface area contributed by atoms with Crippen molar-refractivity contribution >= 4 is 23.2 Å². The number of rotatable bonds is 0. The second-order valence-electron chi connectivity index (χ2n) is 6.94. The summed E-state index contributed by atoms with van der Waals surface area (Å²) in [5, 5.41) is 10.2. The van der Waals surface area contributed by atoms with Crippen molar-refractivity contribution in [2.45, 2.75) is 12.8 Å². The number of pyridine rings is 2. The number of nitrogens with one attached hydrogen (secondary N) is 2. The van der Waals surface area contributed by atoms with Gasteiger partial charge in [0.05, 0.1) is 12.3 Å². The van der Waals surface area contributed by atoms with E-state index in [1.807, 2.05) is 18.2 Å². The lowest BCUT2D eigenvalue weighted by atomic mass is 10.1. The van der Waals surface area contributed by atoms with Crippen LogP contribution < -0.4 is 10.6 Å². The average molecular weight is 406 g/mol.